The summed E-state index contributed by atoms with van der Waals surface area (Å²) >= 11 is 3.41. The summed E-state index contributed by atoms with van der Waals surface area (Å²) < 4.78 is 19.7. The van der Waals surface area contributed by atoms with E-state index in [2.05, 4.69) is 21.2 Å². The van der Waals surface area contributed by atoms with E-state index in [-0.39, 0.29) is 29.9 Å². The summed E-state index contributed by atoms with van der Waals surface area (Å²) in [6.45, 7) is 0.249. The molecule has 2 aromatic carbocycles. The van der Waals surface area contributed by atoms with Gasteiger partial charge in [-0.1, -0.05) is 40.9 Å². The van der Waals surface area contributed by atoms with Crippen LogP contribution < -0.4 is 10.1 Å². The number of nitriles is 1. The fourth-order valence-corrected chi connectivity index (χ4v) is 3.52. The lowest BCUT2D eigenvalue weighted by atomic mass is 10.1. The van der Waals surface area contributed by atoms with Crippen LogP contribution in [0.1, 0.15) is 36.8 Å². The molecule has 0 atom stereocenters. The molecule has 0 heterocycles. The third-order valence-electron chi connectivity index (χ3n) is 4.63. The largest absolute Gasteiger partial charge is 0.488 e. The number of amides is 1. The molecule has 0 bridgehead atoms. The standard InChI is InChI=1S/C22H20BrFN2O2/c23-18-7-10-21(28-14-15-5-8-19(24)9-6-15)16(12-18)11-17(13-25)22(27)26-20-3-1-2-4-20/h5-12,20H,1-4,14H2,(H,26,27)/b17-11-. The molecule has 0 unspecified atom stereocenters. The molecule has 1 fully saturated rings. The molecule has 1 aliphatic carbocycles. The van der Waals surface area contributed by atoms with Gasteiger partial charge in [0.25, 0.3) is 5.91 Å². The third kappa shape index (κ3) is 5.43. The van der Waals surface area contributed by atoms with Crippen LogP contribution in [0.5, 0.6) is 5.75 Å². The second-order valence-electron chi connectivity index (χ2n) is 6.72. The van der Waals surface area contributed by atoms with Gasteiger partial charge in [-0.25, -0.2) is 4.39 Å². The number of hydrogen-bond acceptors (Lipinski definition) is 3. The SMILES string of the molecule is N#C/C(=C/c1cc(Br)ccc1OCc1ccc(F)cc1)C(=O)NC1CCCC1. The molecule has 0 aliphatic heterocycles. The van der Waals surface area contributed by atoms with Crippen molar-refractivity contribution >= 4 is 27.9 Å². The predicted octanol–water partition coefficient (Wildman–Crippen LogP) is 5.13. The molecular formula is C22H20BrFN2O2. The molecule has 0 aromatic heterocycles. The van der Waals surface area contributed by atoms with E-state index in [1.165, 1.54) is 18.2 Å². The number of carbonyl (C=O) groups is 1. The molecule has 4 nitrogen and oxygen atoms in total. The maximum absolute atomic E-state index is 13.0. The zero-order valence-electron chi connectivity index (χ0n) is 15.3. The lowest BCUT2D eigenvalue weighted by Crippen LogP contribution is -2.33. The highest BCUT2D eigenvalue weighted by atomic mass is 79.9. The van der Waals surface area contributed by atoms with E-state index in [4.69, 9.17) is 4.74 Å². The lowest BCUT2D eigenvalue weighted by Gasteiger charge is -2.12. The van der Waals surface area contributed by atoms with Crippen LogP contribution in [-0.4, -0.2) is 11.9 Å². The van der Waals surface area contributed by atoms with Gasteiger partial charge in [-0.3, -0.25) is 4.79 Å². The minimum atomic E-state index is -0.362. The second kappa shape index (κ2) is 9.52. The van der Waals surface area contributed by atoms with E-state index >= 15 is 0 Å². The monoisotopic (exact) mass is 442 g/mol. The van der Waals surface area contributed by atoms with Crippen molar-refractivity contribution < 1.29 is 13.9 Å². The van der Waals surface area contributed by atoms with Crippen molar-refractivity contribution in [1.29, 1.82) is 5.26 Å². The molecule has 0 radical (unpaired) electrons. The number of nitrogens with one attached hydrogen (secondary N) is 1. The molecule has 144 valence electrons. The van der Waals surface area contributed by atoms with Crippen LogP contribution in [-0.2, 0) is 11.4 Å². The summed E-state index contributed by atoms with van der Waals surface area (Å²) in [5.41, 5.74) is 1.48. The van der Waals surface area contributed by atoms with Gasteiger partial charge in [-0.15, -0.1) is 0 Å². The molecule has 1 saturated carbocycles. The van der Waals surface area contributed by atoms with Crippen LogP contribution in [0.2, 0.25) is 0 Å². The molecule has 1 aliphatic rings. The van der Waals surface area contributed by atoms with Crippen molar-refractivity contribution in [2.75, 3.05) is 0 Å². The number of rotatable bonds is 6. The van der Waals surface area contributed by atoms with Crippen LogP contribution in [0.25, 0.3) is 6.08 Å². The Kier molecular flexibility index (Phi) is 6.83. The first kappa shape index (κ1) is 20.1. The molecule has 1 amide bonds. The number of ether oxygens (including phenoxy) is 1. The normalized spacial score (nSPS) is 14.5. The first-order chi connectivity index (χ1) is 13.5. The Balaban J connectivity index is 1.78. The average molecular weight is 443 g/mol. The summed E-state index contributed by atoms with van der Waals surface area (Å²) in [5, 5.41) is 12.4. The number of carbonyl (C=O) groups excluding carboxylic acids is 1. The Labute approximate surface area is 172 Å². The van der Waals surface area contributed by atoms with Crippen LogP contribution >= 0.6 is 15.9 Å². The zero-order valence-corrected chi connectivity index (χ0v) is 16.8. The summed E-state index contributed by atoms with van der Waals surface area (Å²) in [6.07, 6.45) is 5.64. The molecule has 3 rings (SSSR count). The summed E-state index contributed by atoms with van der Waals surface area (Å²) in [4.78, 5) is 12.5. The molecule has 1 N–H and O–H groups in total. The fraction of sp³-hybridized carbons (Fsp3) is 0.273. The Morgan fingerprint density at radius 1 is 1.25 bits per heavy atom. The van der Waals surface area contributed by atoms with Gasteiger partial charge in [-0.05, 0) is 54.8 Å². The predicted molar refractivity (Wildman–Crippen MR) is 109 cm³/mol. The summed E-state index contributed by atoms with van der Waals surface area (Å²) in [6, 6.07) is 13.6. The number of benzene rings is 2. The van der Waals surface area contributed by atoms with E-state index in [1.807, 2.05) is 12.1 Å². The lowest BCUT2D eigenvalue weighted by molar-refractivity contribution is -0.117. The number of nitrogens with zero attached hydrogens (tertiary/aromatic N) is 1. The first-order valence-electron chi connectivity index (χ1n) is 9.14. The van der Waals surface area contributed by atoms with E-state index in [1.54, 1.807) is 24.3 Å². The Bertz CT molecular complexity index is 913. The number of hydrogen-bond donors (Lipinski definition) is 1. The van der Waals surface area contributed by atoms with Gasteiger partial charge in [0.1, 0.15) is 29.8 Å². The molecular weight excluding hydrogens is 423 g/mol. The minimum Gasteiger partial charge on any atom is -0.488 e. The zero-order chi connectivity index (χ0) is 19.9. The van der Waals surface area contributed by atoms with E-state index < -0.39 is 0 Å². The Morgan fingerprint density at radius 2 is 1.96 bits per heavy atom. The molecule has 2 aromatic rings. The smallest absolute Gasteiger partial charge is 0.262 e. The maximum atomic E-state index is 13.0. The van der Waals surface area contributed by atoms with Crippen molar-refractivity contribution in [2.24, 2.45) is 0 Å². The quantitative estimate of drug-likeness (QED) is 0.497. The van der Waals surface area contributed by atoms with Crippen LogP contribution in [0.3, 0.4) is 0 Å². The Hall–Kier alpha value is -2.65. The van der Waals surface area contributed by atoms with Gasteiger partial charge in [0.2, 0.25) is 0 Å². The van der Waals surface area contributed by atoms with E-state index in [9.17, 15) is 14.4 Å². The molecule has 0 spiro atoms. The van der Waals surface area contributed by atoms with Crippen molar-refractivity contribution in [3.63, 3.8) is 0 Å². The van der Waals surface area contributed by atoms with Gasteiger partial charge in [0.05, 0.1) is 0 Å². The maximum Gasteiger partial charge on any atom is 0.262 e. The molecule has 0 saturated heterocycles. The van der Waals surface area contributed by atoms with Gasteiger partial charge in [-0.2, -0.15) is 5.26 Å². The third-order valence-corrected chi connectivity index (χ3v) is 5.13. The summed E-state index contributed by atoms with van der Waals surface area (Å²) in [5.74, 6) is -0.129. The van der Waals surface area contributed by atoms with Crippen LogP contribution in [0.15, 0.2) is 52.5 Å². The highest BCUT2D eigenvalue weighted by Gasteiger charge is 2.19. The van der Waals surface area contributed by atoms with Gasteiger partial charge in [0, 0.05) is 16.1 Å². The van der Waals surface area contributed by atoms with Crippen molar-refractivity contribution in [2.45, 2.75) is 38.3 Å². The number of halogens is 2. The van der Waals surface area contributed by atoms with E-state index in [0.29, 0.717) is 11.3 Å². The van der Waals surface area contributed by atoms with Gasteiger partial charge < -0.3 is 10.1 Å². The minimum absolute atomic E-state index is 0.0385. The van der Waals surface area contributed by atoms with Crippen molar-refractivity contribution in [3.05, 3.63) is 69.5 Å². The van der Waals surface area contributed by atoms with E-state index in [0.717, 1.165) is 35.7 Å². The second-order valence-corrected chi connectivity index (χ2v) is 7.64. The average Bonchev–Trinajstić information content (AvgIpc) is 3.19. The molecule has 28 heavy (non-hydrogen) atoms. The van der Waals surface area contributed by atoms with Crippen molar-refractivity contribution in [1.82, 2.24) is 5.32 Å². The topological polar surface area (TPSA) is 62.1 Å². The van der Waals surface area contributed by atoms with Gasteiger partial charge in [0.15, 0.2) is 0 Å². The van der Waals surface area contributed by atoms with Gasteiger partial charge >= 0.3 is 0 Å². The van der Waals surface area contributed by atoms with Crippen LogP contribution in [0, 0.1) is 17.1 Å². The Morgan fingerprint density at radius 3 is 2.64 bits per heavy atom. The molecule has 6 heteroatoms. The first-order valence-corrected chi connectivity index (χ1v) is 9.94. The van der Waals surface area contributed by atoms with Crippen molar-refractivity contribution in [3.8, 4) is 11.8 Å². The van der Waals surface area contributed by atoms with Crippen LogP contribution in [0.4, 0.5) is 4.39 Å². The summed E-state index contributed by atoms with van der Waals surface area (Å²) in [7, 11) is 0. The highest BCUT2D eigenvalue weighted by Crippen LogP contribution is 2.27. The highest BCUT2D eigenvalue weighted by molar-refractivity contribution is 9.10. The fourth-order valence-electron chi connectivity index (χ4n) is 3.14.